The summed E-state index contributed by atoms with van der Waals surface area (Å²) in [6.45, 7) is 6.64. The van der Waals surface area contributed by atoms with Crippen LogP contribution in [0.5, 0.6) is 0 Å². The number of aryl methyl sites for hydroxylation is 3. The van der Waals surface area contributed by atoms with Gasteiger partial charge in [-0.25, -0.2) is 0 Å². The molecule has 0 aliphatic heterocycles. The van der Waals surface area contributed by atoms with Crippen molar-refractivity contribution >= 4 is 109 Å². The monoisotopic (exact) mass is 826 g/mol. The number of nitrogens with zero attached hydrogens (tertiary/aromatic N) is 2. The first-order chi connectivity index (χ1) is 31.0. The van der Waals surface area contributed by atoms with Gasteiger partial charge in [0, 0.05) is 59.1 Å². The summed E-state index contributed by atoms with van der Waals surface area (Å²) in [6, 6.07) is 72.6. The molecule has 0 atom stereocenters. The summed E-state index contributed by atoms with van der Waals surface area (Å²) >= 11 is 1.90. The van der Waals surface area contributed by atoms with Gasteiger partial charge in [0.25, 0.3) is 0 Å². The Labute approximate surface area is 370 Å². The predicted octanol–water partition coefficient (Wildman–Crippen LogP) is 17.8. The number of thiophene rings is 1. The van der Waals surface area contributed by atoms with Crippen LogP contribution >= 0.6 is 11.3 Å². The van der Waals surface area contributed by atoms with E-state index in [1.807, 2.05) is 23.5 Å². The molecule has 2 aromatic heterocycles. The van der Waals surface area contributed by atoms with Gasteiger partial charge in [0.1, 0.15) is 5.58 Å². The van der Waals surface area contributed by atoms with Crippen LogP contribution in [0.3, 0.4) is 0 Å². The normalized spacial score (nSPS) is 11.7. The van der Waals surface area contributed by atoms with Crippen LogP contribution < -0.4 is 9.80 Å². The Morgan fingerprint density at radius 2 is 0.984 bits per heavy atom. The van der Waals surface area contributed by atoms with Crippen molar-refractivity contribution in [1.82, 2.24) is 0 Å². The number of fused-ring (bicyclic) bond motifs is 11. The highest BCUT2D eigenvalue weighted by molar-refractivity contribution is 7.27. The maximum absolute atomic E-state index is 6.55. The Hall–Kier alpha value is -7.66. The Morgan fingerprint density at radius 3 is 1.73 bits per heavy atom. The number of furan rings is 1. The average molecular weight is 827 g/mol. The summed E-state index contributed by atoms with van der Waals surface area (Å²) in [5, 5.41) is 9.97. The highest BCUT2D eigenvalue weighted by atomic mass is 32.1. The van der Waals surface area contributed by atoms with Crippen molar-refractivity contribution in [2.24, 2.45) is 0 Å². The first-order valence-corrected chi connectivity index (χ1v) is 22.4. The third-order valence-corrected chi connectivity index (χ3v) is 13.8. The summed E-state index contributed by atoms with van der Waals surface area (Å²) < 4.78 is 9.15. The molecular formula is C59H42N2OS. The lowest BCUT2D eigenvalue weighted by Crippen LogP contribution is -2.13. The number of hydrogen-bond donors (Lipinski definition) is 0. The zero-order valence-electron chi connectivity index (χ0n) is 35.3. The van der Waals surface area contributed by atoms with Crippen molar-refractivity contribution < 1.29 is 4.42 Å². The highest BCUT2D eigenvalue weighted by Gasteiger charge is 2.22. The van der Waals surface area contributed by atoms with Crippen molar-refractivity contribution in [1.29, 1.82) is 0 Å². The van der Waals surface area contributed by atoms with Crippen LogP contribution in [0.25, 0.3) is 74.8 Å². The molecule has 0 bridgehead atoms. The fraction of sp³-hybridized carbons (Fsp3) is 0.0508. The molecule has 63 heavy (non-hydrogen) atoms. The fourth-order valence-corrected chi connectivity index (χ4v) is 11.3. The zero-order valence-corrected chi connectivity index (χ0v) is 36.1. The molecule has 0 spiro atoms. The van der Waals surface area contributed by atoms with Crippen LogP contribution in [-0.2, 0) is 0 Å². The number of hydrogen-bond acceptors (Lipinski definition) is 4. The largest absolute Gasteiger partial charge is 0.454 e. The second-order valence-corrected chi connectivity index (χ2v) is 17.7. The third-order valence-electron chi connectivity index (χ3n) is 12.7. The second-order valence-electron chi connectivity index (χ2n) is 16.7. The van der Waals surface area contributed by atoms with Gasteiger partial charge in [-0.3, -0.25) is 0 Å². The summed E-state index contributed by atoms with van der Waals surface area (Å²) in [5.74, 6) is 0. The molecule has 0 N–H and O–H groups in total. The number of rotatable bonds is 7. The van der Waals surface area contributed by atoms with E-state index in [9.17, 15) is 0 Å². The minimum Gasteiger partial charge on any atom is -0.454 e. The van der Waals surface area contributed by atoms with E-state index in [2.05, 4.69) is 219 Å². The molecule has 3 nitrogen and oxygen atoms in total. The molecule has 0 saturated carbocycles. The average Bonchev–Trinajstić information content (AvgIpc) is 3.90. The topological polar surface area (TPSA) is 19.6 Å². The molecule has 0 saturated heterocycles. The molecule has 0 fully saturated rings. The summed E-state index contributed by atoms with van der Waals surface area (Å²) in [4.78, 5) is 4.73. The molecule has 300 valence electrons. The maximum atomic E-state index is 6.55. The Kier molecular flexibility index (Phi) is 8.70. The van der Waals surface area contributed by atoms with E-state index in [0.717, 1.165) is 50.4 Å². The maximum Gasteiger partial charge on any atom is 0.159 e. The van der Waals surface area contributed by atoms with Gasteiger partial charge >= 0.3 is 0 Å². The first-order valence-electron chi connectivity index (χ1n) is 21.6. The second kappa shape index (κ2) is 14.8. The molecule has 0 unspecified atom stereocenters. The lowest BCUT2D eigenvalue weighted by molar-refractivity contribution is 0.669. The number of benzene rings is 10. The van der Waals surface area contributed by atoms with Crippen LogP contribution in [0.1, 0.15) is 16.7 Å². The van der Waals surface area contributed by atoms with E-state index in [1.54, 1.807) is 0 Å². The smallest absolute Gasteiger partial charge is 0.159 e. The lowest BCUT2D eigenvalue weighted by atomic mass is 9.94. The Morgan fingerprint density at radius 1 is 0.397 bits per heavy atom. The van der Waals surface area contributed by atoms with Crippen molar-refractivity contribution in [2.75, 3.05) is 9.80 Å². The molecule has 0 amide bonds. The minimum absolute atomic E-state index is 0.877. The van der Waals surface area contributed by atoms with Crippen LogP contribution in [0.2, 0.25) is 0 Å². The molecule has 12 aromatic rings. The van der Waals surface area contributed by atoms with Gasteiger partial charge in [-0.15, -0.1) is 11.3 Å². The van der Waals surface area contributed by atoms with Gasteiger partial charge in [-0.1, -0.05) is 139 Å². The summed E-state index contributed by atoms with van der Waals surface area (Å²) in [7, 11) is 0. The van der Waals surface area contributed by atoms with Crippen molar-refractivity contribution in [3.63, 3.8) is 0 Å². The van der Waals surface area contributed by atoms with E-state index in [-0.39, 0.29) is 0 Å². The standard InChI is InChI=1S/C59H42N2OS/c1-37-33-38(2)57(39(3)34-37)61(43-17-8-5-9-18-43)45-30-32-51-55(36-45)63-59-50-31-27-41(35-52(50)46-19-10-11-21-48(46)56(51)59)40-25-28-44(29-26-40)60(42-15-6-4-7-16-42)53-23-14-22-49-47-20-12-13-24-54(47)62-58(49)53/h4-36H,1-3H3. The molecule has 10 aromatic carbocycles. The number of para-hydroxylation sites is 4. The Bertz CT molecular complexity index is 3690. The van der Waals surface area contributed by atoms with Gasteiger partial charge < -0.3 is 14.2 Å². The van der Waals surface area contributed by atoms with E-state index in [1.165, 1.54) is 75.2 Å². The van der Waals surface area contributed by atoms with E-state index in [0.29, 0.717) is 0 Å². The first kappa shape index (κ1) is 37.1. The molecule has 2 heterocycles. The van der Waals surface area contributed by atoms with E-state index >= 15 is 0 Å². The van der Waals surface area contributed by atoms with Gasteiger partial charge in [-0.05, 0) is 126 Å². The van der Waals surface area contributed by atoms with E-state index < -0.39 is 0 Å². The molecule has 0 radical (unpaired) electrons. The molecule has 0 aliphatic carbocycles. The highest BCUT2D eigenvalue weighted by Crippen LogP contribution is 2.48. The van der Waals surface area contributed by atoms with Gasteiger partial charge in [-0.2, -0.15) is 0 Å². The molecule has 12 rings (SSSR count). The Balaban J connectivity index is 0.977. The van der Waals surface area contributed by atoms with Gasteiger partial charge in [0.2, 0.25) is 0 Å². The molecular weight excluding hydrogens is 785 g/mol. The van der Waals surface area contributed by atoms with E-state index in [4.69, 9.17) is 4.42 Å². The fourth-order valence-electron chi connectivity index (χ4n) is 9.99. The van der Waals surface area contributed by atoms with Crippen LogP contribution in [-0.4, -0.2) is 0 Å². The number of anilines is 6. The van der Waals surface area contributed by atoms with Crippen LogP contribution in [0.4, 0.5) is 34.1 Å². The SMILES string of the molecule is Cc1cc(C)c(N(c2ccccc2)c2ccc3c(c2)sc2c4ccc(-c5ccc(N(c6ccccc6)c6cccc7c6oc6ccccc67)cc5)cc4c4ccccc4c32)c(C)c1. The summed E-state index contributed by atoms with van der Waals surface area (Å²) in [6.07, 6.45) is 0. The minimum atomic E-state index is 0.877. The van der Waals surface area contributed by atoms with Crippen LogP contribution in [0.15, 0.2) is 205 Å². The quantitative estimate of drug-likeness (QED) is 0.149. The molecule has 4 heteroatoms. The van der Waals surface area contributed by atoms with Gasteiger partial charge in [0.05, 0.1) is 11.4 Å². The van der Waals surface area contributed by atoms with Crippen molar-refractivity contribution in [2.45, 2.75) is 20.8 Å². The zero-order chi connectivity index (χ0) is 42.2. The van der Waals surface area contributed by atoms with Crippen LogP contribution in [0, 0.1) is 20.8 Å². The lowest BCUT2D eigenvalue weighted by Gasteiger charge is -2.29. The third kappa shape index (κ3) is 6.09. The molecule has 0 aliphatic rings. The summed E-state index contributed by atoms with van der Waals surface area (Å²) in [5.41, 5.74) is 14.6. The van der Waals surface area contributed by atoms with Crippen molar-refractivity contribution in [3.05, 3.63) is 217 Å². The predicted molar refractivity (Wildman–Crippen MR) is 271 cm³/mol. The van der Waals surface area contributed by atoms with Gasteiger partial charge in [0.15, 0.2) is 5.58 Å². The van der Waals surface area contributed by atoms with Crippen molar-refractivity contribution in [3.8, 4) is 11.1 Å².